The molecule has 20 heavy (non-hydrogen) atoms. The molecule has 0 aliphatic rings. The molecule has 0 saturated heterocycles. The van der Waals surface area contributed by atoms with Gasteiger partial charge in [0.25, 0.3) is 0 Å². The summed E-state index contributed by atoms with van der Waals surface area (Å²) in [6, 6.07) is 0. The van der Waals surface area contributed by atoms with E-state index in [-0.39, 0.29) is 27.8 Å². The van der Waals surface area contributed by atoms with Crippen LogP contribution in [0.1, 0.15) is 29.4 Å². The molecule has 9 heteroatoms. The van der Waals surface area contributed by atoms with E-state index in [0.29, 0.717) is 12.2 Å². The molecule has 0 bridgehead atoms. The first-order valence-electron chi connectivity index (χ1n) is 5.94. The van der Waals surface area contributed by atoms with Crippen molar-refractivity contribution >= 4 is 27.6 Å². The Labute approximate surface area is 120 Å². The van der Waals surface area contributed by atoms with Crippen LogP contribution >= 0.6 is 11.8 Å². The van der Waals surface area contributed by atoms with Gasteiger partial charge in [0.2, 0.25) is 0 Å². The Morgan fingerprint density at radius 1 is 1.45 bits per heavy atom. The van der Waals surface area contributed by atoms with Gasteiger partial charge in [-0.3, -0.25) is 0 Å². The first-order valence-corrected chi connectivity index (χ1v) is 8.75. The standard InChI is InChI=1S/C11H16N2O5S2/c1-3-20(17,18)6-4-5-19-9-8(10(14)15)7(2)12-11(16)13-9/h3-6H2,1-2H3,(H,14,15)(H,12,13,16). The molecule has 0 fully saturated rings. The number of rotatable bonds is 7. The molecule has 0 aromatic carbocycles. The zero-order chi connectivity index (χ0) is 15.3. The van der Waals surface area contributed by atoms with Crippen LogP contribution in [-0.2, 0) is 9.84 Å². The highest BCUT2D eigenvalue weighted by molar-refractivity contribution is 7.99. The Kier molecular flexibility index (Phi) is 5.75. The summed E-state index contributed by atoms with van der Waals surface area (Å²) >= 11 is 1.08. The highest BCUT2D eigenvalue weighted by Gasteiger charge is 2.17. The van der Waals surface area contributed by atoms with Crippen LogP contribution in [0.5, 0.6) is 0 Å². The van der Waals surface area contributed by atoms with Crippen molar-refractivity contribution in [3.8, 4) is 0 Å². The van der Waals surface area contributed by atoms with Crippen LogP contribution in [0, 0.1) is 6.92 Å². The van der Waals surface area contributed by atoms with Gasteiger partial charge < -0.3 is 10.1 Å². The lowest BCUT2D eigenvalue weighted by Crippen LogP contribution is -2.18. The van der Waals surface area contributed by atoms with Gasteiger partial charge in [-0.05, 0) is 13.3 Å². The van der Waals surface area contributed by atoms with Crippen molar-refractivity contribution in [3.63, 3.8) is 0 Å². The first-order chi connectivity index (χ1) is 9.26. The lowest BCUT2D eigenvalue weighted by Gasteiger charge is -2.06. The molecule has 7 nitrogen and oxygen atoms in total. The van der Waals surface area contributed by atoms with Gasteiger partial charge in [0.15, 0.2) is 0 Å². The van der Waals surface area contributed by atoms with E-state index in [2.05, 4.69) is 9.97 Å². The van der Waals surface area contributed by atoms with E-state index >= 15 is 0 Å². The second-order valence-corrected chi connectivity index (χ2v) is 7.65. The van der Waals surface area contributed by atoms with Crippen molar-refractivity contribution in [2.45, 2.75) is 25.3 Å². The molecule has 0 amide bonds. The SMILES string of the molecule is CCS(=O)(=O)CCCSc1nc(=O)[nH]c(C)c1C(=O)O. The van der Waals surface area contributed by atoms with Gasteiger partial charge in [-0.2, -0.15) is 4.98 Å². The van der Waals surface area contributed by atoms with Crippen molar-refractivity contribution in [2.75, 3.05) is 17.3 Å². The Morgan fingerprint density at radius 2 is 2.10 bits per heavy atom. The number of sulfone groups is 1. The minimum atomic E-state index is -3.03. The van der Waals surface area contributed by atoms with Crippen molar-refractivity contribution in [1.82, 2.24) is 9.97 Å². The number of aryl methyl sites for hydroxylation is 1. The summed E-state index contributed by atoms with van der Waals surface area (Å²) in [6.07, 6.45) is 0.382. The normalized spacial score (nSPS) is 11.5. The van der Waals surface area contributed by atoms with E-state index in [9.17, 15) is 18.0 Å². The molecule has 0 unspecified atom stereocenters. The van der Waals surface area contributed by atoms with E-state index in [1.807, 2.05) is 0 Å². The van der Waals surface area contributed by atoms with Gasteiger partial charge >= 0.3 is 11.7 Å². The lowest BCUT2D eigenvalue weighted by molar-refractivity contribution is 0.0690. The average molecular weight is 320 g/mol. The maximum atomic E-state index is 11.3. The van der Waals surface area contributed by atoms with Gasteiger partial charge in [0.05, 0.1) is 5.75 Å². The van der Waals surface area contributed by atoms with E-state index < -0.39 is 21.5 Å². The number of hydrogen-bond acceptors (Lipinski definition) is 6. The smallest absolute Gasteiger partial charge is 0.346 e. The Bertz CT molecular complexity index is 651. The third kappa shape index (κ3) is 4.64. The summed E-state index contributed by atoms with van der Waals surface area (Å²) in [6.45, 7) is 3.06. The molecule has 0 radical (unpaired) electrons. The quantitative estimate of drug-likeness (QED) is 0.431. The summed E-state index contributed by atoms with van der Waals surface area (Å²) in [7, 11) is -3.03. The molecule has 1 aromatic heterocycles. The predicted octanol–water partition coefficient (Wildman–Crippen LogP) is 0.693. The van der Waals surface area contributed by atoms with Crippen molar-refractivity contribution in [1.29, 1.82) is 0 Å². The summed E-state index contributed by atoms with van der Waals surface area (Å²) < 4.78 is 22.6. The minimum Gasteiger partial charge on any atom is -0.478 e. The molecule has 1 heterocycles. The Balaban J connectivity index is 2.78. The van der Waals surface area contributed by atoms with Crippen LogP contribution in [0.2, 0.25) is 0 Å². The second-order valence-electron chi connectivity index (χ2n) is 4.09. The molecule has 0 atom stereocenters. The topological polar surface area (TPSA) is 117 Å². The molecule has 1 rings (SSSR count). The zero-order valence-electron chi connectivity index (χ0n) is 11.2. The van der Waals surface area contributed by atoms with Gasteiger partial charge in [0, 0.05) is 17.2 Å². The van der Waals surface area contributed by atoms with Gasteiger partial charge in [-0.15, -0.1) is 11.8 Å². The molecule has 112 valence electrons. The van der Waals surface area contributed by atoms with Crippen LogP contribution in [-0.4, -0.2) is 46.7 Å². The average Bonchev–Trinajstić information content (AvgIpc) is 2.33. The molecular formula is C11H16N2O5S2. The highest BCUT2D eigenvalue weighted by Crippen LogP contribution is 2.21. The summed E-state index contributed by atoms with van der Waals surface area (Å²) in [4.78, 5) is 28.3. The first kappa shape index (κ1) is 16.7. The fourth-order valence-electron chi connectivity index (χ4n) is 1.51. The van der Waals surface area contributed by atoms with E-state index in [1.54, 1.807) is 6.92 Å². The maximum Gasteiger partial charge on any atom is 0.346 e. The van der Waals surface area contributed by atoms with E-state index in [1.165, 1.54) is 6.92 Å². The lowest BCUT2D eigenvalue weighted by atomic mass is 10.2. The van der Waals surface area contributed by atoms with Crippen LogP contribution in [0.25, 0.3) is 0 Å². The van der Waals surface area contributed by atoms with Gasteiger partial charge in [-0.25, -0.2) is 18.0 Å². The number of carboxylic acids is 1. The zero-order valence-corrected chi connectivity index (χ0v) is 12.8. The van der Waals surface area contributed by atoms with Gasteiger partial charge in [0.1, 0.15) is 20.4 Å². The number of carbonyl (C=O) groups is 1. The second kappa shape index (κ2) is 6.89. The number of nitrogens with zero attached hydrogens (tertiary/aromatic N) is 1. The summed E-state index contributed by atoms with van der Waals surface area (Å²) in [5.74, 6) is -0.661. The van der Waals surface area contributed by atoms with E-state index in [4.69, 9.17) is 5.11 Å². The Morgan fingerprint density at radius 3 is 2.65 bits per heavy atom. The summed E-state index contributed by atoms with van der Waals surface area (Å²) in [5, 5.41) is 9.21. The third-order valence-electron chi connectivity index (χ3n) is 2.58. The maximum absolute atomic E-state index is 11.3. The van der Waals surface area contributed by atoms with Crippen molar-refractivity contribution in [3.05, 3.63) is 21.7 Å². The van der Waals surface area contributed by atoms with Crippen LogP contribution in [0.15, 0.2) is 9.82 Å². The number of nitrogens with one attached hydrogen (secondary N) is 1. The fourth-order valence-corrected chi connectivity index (χ4v) is 3.58. The van der Waals surface area contributed by atoms with Gasteiger partial charge in [-0.1, -0.05) is 6.92 Å². The predicted molar refractivity (Wildman–Crippen MR) is 76.2 cm³/mol. The monoisotopic (exact) mass is 320 g/mol. The number of aromatic nitrogens is 2. The molecule has 0 aliphatic heterocycles. The fraction of sp³-hybridized carbons (Fsp3) is 0.545. The molecule has 0 saturated carbocycles. The molecule has 1 aromatic rings. The number of H-pyrrole nitrogens is 1. The number of thioether (sulfide) groups is 1. The minimum absolute atomic E-state index is 0.0427. The van der Waals surface area contributed by atoms with Crippen LogP contribution in [0.3, 0.4) is 0 Å². The van der Waals surface area contributed by atoms with Crippen LogP contribution in [0.4, 0.5) is 0 Å². The number of aromatic amines is 1. The van der Waals surface area contributed by atoms with E-state index in [0.717, 1.165) is 11.8 Å². The molecule has 2 N–H and O–H groups in total. The summed E-state index contributed by atoms with van der Waals surface area (Å²) in [5.41, 5.74) is -0.426. The third-order valence-corrected chi connectivity index (χ3v) is 5.43. The van der Waals surface area contributed by atoms with Crippen LogP contribution < -0.4 is 5.69 Å². The molecule has 0 aliphatic carbocycles. The number of hydrogen-bond donors (Lipinski definition) is 2. The highest BCUT2D eigenvalue weighted by atomic mass is 32.2. The number of carboxylic acid groups (broad SMARTS) is 1. The molecular weight excluding hydrogens is 304 g/mol. The van der Waals surface area contributed by atoms with Crippen molar-refractivity contribution < 1.29 is 18.3 Å². The number of aromatic carboxylic acids is 1. The van der Waals surface area contributed by atoms with Crippen molar-refractivity contribution in [2.24, 2.45) is 0 Å². The Hall–Kier alpha value is -1.35. The largest absolute Gasteiger partial charge is 0.478 e. The molecule has 0 spiro atoms.